The molecule has 10 nitrogen and oxygen atoms in total. The molecular formula is C26H24N4O6S2. The van der Waals surface area contributed by atoms with Crippen LogP contribution in [0, 0.1) is 13.8 Å². The second kappa shape index (κ2) is 9.80. The molecule has 0 bridgehead atoms. The number of carbonyl (C=O) groups is 2. The van der Waals surface area contributed by atoms with Crippen molar-refractivity contribution in [1.82, 2.24) is 0 Å². The molecule has 0 atom stereocenters. The summed E-state index contributed by atoms with van der Waals surface area (Å²) in [5.41, 5.74) is 12.4. The SMILES string of the molecule is Cc1ccc(S(=O)(=O)N(C(N)=O)c2cccc3c(N(C(N)=O)S(=O)(=O)c4ccc(C)cc4)cccc23)cc1. The van der Waals surface area contributed by atoms with Crippen molar-refractivity contribution in [2.24, 2.45) is 11.5 Å². The molecule has 0 spiro atoms. The first-order valence-electron chi connectivity index (χ1n) is 11.2. The summed E-state index contributed by atoms with van der Waals surface area (Å²) in [5, 5.41) is 0.287. The summed E-state index contributed by atoms with van der Waals surface area (Å²) in [7, 11) is -8.90. The molecule has 4 N–H and O–H groups in total. The van der Waals surface area contributed by atoms with Crippen LogP contribution in [-0.4, -0.2) is 28.9 Å². The normalized spacial score (nSPS) is 11.7. The smallest absolute Gasteiger partial charge is 0.333 e. The molecule has 0 aliphatic rings. The molecule has 4 amide bonds. The average Bonchev–Trinajstić information content (AvgIpc) is 2.84. The van der Waals surface area contributed by atoms with Gasteiger partial charge >= 0.3 is 12.1 Å². The van der Waals surface area contributed by atoms with Crippen molar-refractivity contribution in [2.45, 2.75) is 23.6 Å². The molecule has 0 unspecified atom stereocenters. The second-order valence-electron chi connectivity index (χ2n) is 8.49. The first-order valence-corrected chi connectivity index (χ1v) is 14.1. The number of carbonyl (C=O) groups excluding carboxylic acids is 2. The molecular weight excluding hydrogens is 528 g/mol. The summed E-state index contributed by atoms with van der Waals surface area (Å²) < 4.78 is 54.8. The van der Waals surface area contributed by atoms with E-state index in [0.717, 1.165) is 11.1 Å². The van der Waals surface area contributed by atoms with Crippen LogP contribution in [0.1, 0.15) is 11.1 Å². The summed E-state index contributed by atoms with van der Waals surface area (Å²) >= 11 is 0. The Kier molecular flexibility index (Phi) is 6.87. The lowest BCUT2D eigenvalue weighted by molar-refractivity contribution is 0.256. The first kappa shape index (κ1) is 26.6. The Morgan fingerprint density at radius 3 is 1.16 bits per heavy atom. The molecule has 12 heteroatoms. The van der Waals surface area contributed by atoms with Gasteiger partial charge < -0.3 is 11.5 Å². The third-order valence-electron chi connectivity index (χ3n) is 5.83. The van der Waals surface area contributed by atoms with Crippen LogP contribution in [-0.2, 0) is 20.0 Å². The highest BCUT2D eigenvalue weighted by atomic mass is 32.2. The van der Waals surface area contributed by atoms with Crippen LogP contribution >= 0.6 is 0 Å². The number of sulfonamides is 2. The number of hydrogen-bond donors (Lipinski definition) is 2. The van der Waals surface area contributed by atoms with E-state index < -0.39 is 32.1 Å². The van der Waals surface area contributed by atoms with Gasteiger partial charge in [-0.2, -0.15) is 8.61 Å². The lowest BCUT2D eigenvalue weighted by Gasteiger charge is -2.25. The number of nitrogens with zero attached hydrogens (tertiary/aromatic N) is 2. The van der Waals surface area contributed by atoms with Crippen molar-refractivity contribution >= 4 is 54.3 Å². The van der Waals surface area contributed by atoms with Gasteiger partial charge in [0, 0.05) is 10.8 Å². The second-order valence-corrected chi connectivity index (χ2v) is 12.1. The first-order chi connectivity index (χ1) is 17.9. The van der Waals surface area contributed by atoms with Crippen molar-refractivity contribution in [3.63, 3.8) is 0 Å². The van der Waals surface area contributed by atoms with Crippen LogP contribution in [0.2, 0.25) is 0 Å². The fourth-order valence-electron chi connectivity index (χ4n) is 4.00. The quantitative estimate of drug-likeness (QED) is 0.367. The number of amides is 4. The van der Waals surface area contributed by atoms with Crippen molar-refractivity contribution < 1.29 is 26.4 Å². The standard InChI is InChI=1S/C26H24N4O6S2/c1-17-9-13-19(14-10-17)37(33,34)29(25(27)31)23-7-3-6-22-21(23)5-4-8-24(22)30(26(28)32)38(35,36)20-15-11-18(2)12-16-20/h3-16H,1-2H3,(H2,27,31)(H2,28,32). The van der Waals surface area contributed by atoms with Crippen LogP contribution in [0.3, 0.4) is 0 Å². The van der Waals surface area contributed by atoms with E-state index in [4.69, 9.17) is 11.5 Å². The lowest BCUT2D eigenvalue weighted by atomic mass is 10.1. The molecule has 0 aliphatic heterocycles. The maximum absolute atomic E-state index is 13.5. The van der Waals surface area contributed by atoms with Gasteiger partial charge in [-0.3, -0.25) is 0 Å². The highest BCUT2D eigenvalue weighted by Crippen LogP contribution is 2.37. The van der Waals surface area contributed by atoms with Crippen molar-refractivity contribution in [2.75, 3.05) is 8.61 Å². The van der Waals surface area contributed by atoms with Gasteiger partial charge in [0.15, 0.2) is 0 Å². The molecule has 0 saturated carbocycles. The fourth-order valence-corrected chi connectivity index (χ4v) is 6.69. The number of nitrogens with two attached hydrogens (primary N) is 2. The number of benzene rings is 4. The van der Waals surface area contributed by atoms with E-state index in [1.54, 1.807) is 38.1 Å². The largest absolute Gasteiger partial charge is 0.350 e. The number of primary amides is 2. The molecule has 0 aromatic heterocycles. The third-order valence-corrected chi connectivity index (χ3v) is 9.28. The van der Waals surface area contributed by atoms with Crippen LogP contribution < -0.4 is 20.1 Å². The van der Waals surface area contributed by atoms with Crippen LogP contribution in [0.15, 0.2) is 94.7 Å². The Balaban J connectivity index is 1.95. The molecule has 4 aromatic carbocycles. The minimum atomic E-state index is -4.45. The molecule has 0 saturated heterocycles. The number of anilines is 2. The van der Waals surface area contributed by atoms with E-state index in [-0.39, 0.29) is 31.9 Å². The average molecular weight is 553 g/mol. The van der Waals surface area contributed by atoms with Gasteiger partial charge in [0.05, 0.1) is 21.2 Å². The number of urea groups is 2. The van der Waals surface area contributed by atoms with E-state index in [1.165, 1.54) is 60.7 Å². The molecule has 0 heterocycles. The number of hydrogen-bond acceptors (Lipinski definition) is 6. The molecule has 4 rings (SSSR count). The van der Waals surface area contributed by atoms with E-state index >= 15 is 0 Å². The molecule has 4 aromatic rings. The molecule has 38 heavy (non-hydrogen) atoms. The Morgan fingerprint density at radius 1 is 0.553 bits per heavy atom. The molecule has 0 radical (unpaired) electrons. The van der Waals surface area contributed by atoms with E-state index in [1.807, 2.05) is 0 Å². The van der Waals surface area contributed by atoms with Gasteiger partial charge in [0.2, 0.25) is 0 Å². The van der Waals surface area contributed by atoms with Crippen LogP contribution in [0.5, 0.6) is 0 Å². The Morgan fingerprint density at radius 2 is 0.868 bits per heavy atom. The van der Waals surface area contributed by atoms with Crippen molar-refractivity contribution in [3.05, 3.63) is 96.1 Å². The predicted octanol–water partition coefficient (Wildman–Crippen LogP) is 4.00. The van der Waals surface area contributed by atoms with E-state index in [9.17, 15) is 26.4 Å². The zero-order chi connectivity index (χ0) is 27.8. The number of aryl methyl sites for hydroxylation is 2. The highest BCUT2D eigenvalue weighted by molar-refractivity contribution is 7.94. The van der Waals surface area contributed by atoms with Crippen molar-refractivity contribution in [3.8, 4) is 0 Å². The van der Waals surface area contributed by atoms with Gasteiger partial charge in [-0.15, -0.1) is 0 Å². The minimum absolute atomic E-state index is 0.130. The number of fused-ring (bicyclic) bond motifs is 1. The van der Waals surface area contributed by atoms with Crippen molar-refractivity contribution in [1.29, 1.82) is 0 Å². The highest BCUT2D eigenvalue weighted by Gasteiger charge is 2.33. The van der Waals surface area contributed by atoms with Gasteiger partial charge in [0.1, 0.15) is 0 Å². The molecule has 0 aliphatic carbocycles. The zero-order valence-electron chi connectivity index (χ0n) is 20.4. The van der Waals surface area contributed by atoms with Crippen LogP contribution in [0.25, 0.3) is 10.8 Å². The van der Waals surface area contributed by atoms with Crippen LogP contribution in [0.4, 0.5) is 21.0 Å². The van der Waals surface area contributed by atoms with E-state index in [2.05, 4.69) is 0 Å². The van der Waals surface area contributed by atoms with Gasteiger partial charge in [-0.1, -0.05) is 59.7 Å². The summed E-state index contributed by atoms with van der Waals surface area (Å²) in [6.07, 6.45) is 0. The minimum Gasteiger partial charge on any atom is -0.350 e. The fraction of sp³-hybridized carbons (Fsp3) is 0.0769. The zero-order valence-corrected chi connectivity index (χ0v) is 22.0. The van der Waals surface area contributed by atoms with Gasteiger partial charge in [-0.05, 0) is 50.2 Å². The topological polar surface area (TPSA) is 161 Å². The lowest BCUT2D eigenvalue weighted by Crippen LogP contribution is -2.41. The summed E-state index contributed by atoms with van der Waals surface area (Å²) in [4.78, 5) is 24.7. The third kappa shape index (κ3) is 4.66. The molecule has 0 fully saturated rings. The van der Waals surface area contributed by atoms with Gasteiger partial charge in [0.25, 0.3) is 20.0 Å². The van der Waals surface area contributed by atoms with E-state index in [0.29, 0.717) is 8.61 Å². The Labute approximate surface area is 220 Å². The Hall–Kier alpha value is -4.42. The number of rotatable bonds is 6. The summed E-state index contributed by atoms with van der Waals surface area (Å²) in [5.74, 6) is 0. The Bertz CT molecular complexity index is 1640. The predicted molar refractivity (Wildman–Crippen MR) is 145 cm³/mol. The maximum atomic E-state index is 13.5. The summed E-state index contributed by atoms with van der Waals surface area (Å²) in [6.45, 7) is 3.56. The monoisotopic (exact) mass is 552 g/mol. The molecule has 196 valence electrons. The van der Waals surface area contributed by atoms with Gasteiger partial charge in [-0.25, -0.2) is 26.4 Å². The summed E-state index contributed by atoms with van der Waals surface area (Å²) in [6, 6.07) is 17.6. The maximum Gasteiger partial charge on any atom is 0.333 e.